The molecule has 10 nitrogen and oxygen atoms in total. The minimum absolute atomic E-state index is 0.0244. The lowest BCUT2D eigenvalue weighted by Gasteiger charge is -2.14. The molecule has 0 unspecified atom stereocenters. The summed E-state index contributed by atoms with van der Waals surface area (Å²) in [6.45, 7) is 3.46. The first kappa shape index (κ1) is 23.1. The molecule has 2 aromatic rings. The van der Waals surface area contributed by atoms with E-state index in [4.69, 9.17) is 14.2 Å². The first-order chi connectivity index (χ1) is 15.4. The number of benzene rings is 1. The van der Waals surface area contributed by atoms with Crippen LogP contribution in [-0.2, 0) is 9.53 Å². The summed E-state index contributed by atoms with van der Waals surface area (Å²) in [7, 11) is 1.45. The number of anilines is 1. The highest BCUT2D eigenvalue weighted by Crippen LogP contribution is 2.35. The van der Waals surface area contributed by atoms with Crippen molar-refractivity contribution >= 4 is 24.1 Å². The molecule has 0 bridgehead atoms. The maximum absolute atomic E-state index is 12.3. The fraction of sp³-hybridized carbons (Fsp3) is 0.455. The van der Waals surface area contributed by atoms with Gasteiger partial charge in [0.2, 0.25) is 0 Å². The number of H-pyrrole nitrogens is 1. The second kappa shape index (κ2) is 10.7. The van der Waals surface area contributed by atoms with Crippen molar-refractivity contribution in [1.29, 1.82) is 0 Å². The summed E-state index contributed by atoms with van der Waals surface area (Å²) < 4.78 is 16.0. The highest BCUT2D eigenvalue weighted by atomic mass is 16.6. The molecule has 0 spiro atoms. The van der Waals surface area contributed by atoms with E-state index < -0.39 is 12.0 Å². The van der Waals surface area contributed by atoms with Crippen LogP contribution < -0.4 is 20.1 Å². The Hall–Kier alpha value is -3.56. The molecule has 1 aromatic heterocycles. The van der Waals surface area contributed by atoms with Gasteiger partial charge in [-0.2, -0.15) is 5.10 Å². The van der Waals surface area contributed by atoms with E-state index in [1.54, 1.807) is 24.3 Å². The molecule has 2 atom stereocenters. The van der Waals surface area contributed by atoms with Crippen molar-refractivity contribution in [3.63, 3.8) is 0 Å². The highest BCUT2D eigenvalue weighted by Gasteiger charge is 2.30. The van der Waals surface area contributed by atoms with Crippen molar-refractivity contribution in [2.75, 3.05) is 19.0 Å². The minimum Gasteiger partial charge on any atom is -0.496 e. The molecule has 32 heavy (non-hydrogen) atoms. The molecule has 1 aliphatic carbocycles. The monoisotopic (exact) mass is 444 g/mol. The number of hydrogen-bond acceptors (Lipinski definition) is 7. The molecule has 1 saturated carbocycles. The lowest BCUT2D eigenvalue weighted by atomic mass is 10.0. The van der Waals surface area contributed by atoms with Gasteiger partial charge in [0.05, 0.1) is 12.7 Å². The molecule has 2 amide bonds. The Morgan fingerprint density at radius 2 is 2.06 bits per heavy atom. The smallest absolute Gasteiger partial charge is 0.407 e. The summed E-state index contributed by atoms with van der Waals surface area (Å²) in [5.41, 5.74) is 1.11. The summed E-state index contributed by atoms with van der Waals surface area (Å²) in [5.74, 6) is 0.747. The molecular weight excluding hydrogens is 416 g/mol. The third kappa shape index (κ3) is 5.99. The van der Waals surface area contributed by atoms with Gasteiger partial charge in [-0.3, -0.25) is 14.7 Å². The van der Waals surface area contributed by atoms with Gasteiger partial charge in [0.1, 0.15) is 17.6 Å². The van der Waals surface area contributed by atoms with Crippen molar-refractivity contribution < 1.29 is 28.6 Å². The van der Waals surface area contributed by atoms with Crippen LogP contribution in [0.15, 0.2) is 24.3 Å². The zero-order valence-electron chi connectivity index (χ0n) is 18.3. The molecule has 3 N–H and O–H groups in total. The highest BCUT2D eigenvalue weighted by molar-refractivity contribution is 5.91. The van der Waals surface area contributed by atoms with E-state index in [1.165, 1.54) is 7.11 Å². The number of aldehydes is 1. The lowest BCUT2D eigenvalue weighted by molar-refractivity contribution is -0.118. The van der Waals surface area contributed by atoms with Gasteiger partial charge in [-0.15, -0.1) is 0 Å². The largest absolute Gasteiger partial charge is 0.496 e. The van der Waals surface area contributed by atoms with E-state index in [0.717, 1.165) is 18.5 Å². The van der Waals surface area contributed by atoms with Gasteiger partial charge in [-0.25, -0.2) is 4.79 Å². The quantitative estimate of drug-likeness (QED) is 0.507. The number of nitrogens with zero attached hydrogens (tertiary/aromatic N) is 1. The van der Waals surface area contributed by atoms with Gasteiger partial charge in [0.15, 0.2) is 18.7 Å². The third-order valence-corrected chi connectivity index (χ3v) is 5.09. The summed E-state index contributed by atoms with van der Waals surface area (Å²) in [4.78, 5) is 35.3. The Balaban J connectivity index is 1.50. The predicted molar refractivity (Wildman–Crippen MR) is 116 cm³/mol. The van der Waals surface area contributed by atoms with Gasteiger partial charge >= 0.3 is 6.09 Å². The molecule has 1 aromatic carbocycles. The number of amides is 2. The van der Waals surface area contributed by atoms with Crippen molar-refractivity contribution in [3.8, 4) is 11.5 Å². The number of nitrogens with one attached hydrogen (secondary N) is 3. The van der Waals surface area contributed by atoms with Gasteiger partial charge < -0.3 is 24.8 Å². The molecule has 10 heteroatoms. The molecule has 1 fully saturated rings. The molecule has 3 rings (SSSR count). The molecule has 0 aliphatic heterocycles. The van der Waals surface area contributed by atoms with Crippen LogP contribution in [0.4, 0.5) is 10.6 Å². The van der Waals surface area contributed by atoms with E-state index in [0.29, 0.717) is 24.3 Å². The maximum atomic E-state index is 12.3. The number of methoxy groups -OCH3 is 1. The van der Waals surface area contributed by atoms with Crippen LogP contribution in [-0.4, -0.2) is 54.3 Å². The van der Waals surface area contributed by atoms with E-state index in [-0.39, 0.29) is 36.0 Å². The van der Waals surface area contributed by atoms with E-state index in [9.17, 15) is 14.4 Å². The van der Waals surface area contributed by atoms with Crippen LogP contribution in [0.1, 0.15) is 55.1 Å². The lowest BCUT2D eigenvalue weighted by Crippen LogP contribution is -2.33. The fourth-order valence-corrected chi connectivity index (χ4v) is 3.63. The first-order valence-electron chi connectivity index (χ1n) is 10.5. The average Bonchev–Trinajstić information content (AvgIpc) is 3.40. The maximum Gasteiger partial charge on any atom is 0.407 e. The van der Waals surface area contributed by atoms with E-state index in [1.807, 2.05) is 13.8 Å². The van der Waals surface area contributed by atoms with Crippen LogP contribution in [0.3, 0.4) is 0 Å². The molecule has 0 saturated heterocycles. The van der Waals surface area contributed by atoms with Crippen molar-refractivity contribution in [1.82, 2.24) is 15.5 Å². The molecule has 1 aliphatic rings. The predicted octanol–water partition coefficient (Wildman–Crippen LogP) is 3.02. The number of carbonyl (C=O) groups is 3. The molecular formula is C22H28N4O6. The summed E-state index contributed by atoms with van der Waals surface area (Å²) in [5, 5.41) is 12.5. The second-order valence-corrected chi connectivity index (χ2v) is 7.87. The fourth-order valence-electron chi connectivity index (χ4n) is 3.63. The number of aromatic nitrogens is 2. The topological polar surface area (TPSA) is 132 Å². The average molecular weight is 444 g/mol. The van der Waals surface area contributed by atoms with Crippen molar-refractivity contribution in [2.24, 2.45) is 0 Å². The number of carbonyl (C=O) groups excluding carboxylic acids is 3. The normalized spacial score (nSPS) is 17.6. The minimum atomic E-state index is -0.416. The van der Waals surface area contributed by atoms with Crippen LogP contribution in [0, 0.1) is 0 Å². The van der Waals surface area contributed by atoms with Gasteiger partial charge in [-0.05, 0) is 45.2 Å². The van der Waals surface area contributed by atoms with E-state index >= 15 is 0 Å². The first-order valence-corrected chi connectivity index (χ1v) is 10.5. The van der Waals surface area contributed by atoms with E-state index in [2.05, 4.69) is 20.8 Å². The van der Waals surface area contributed by atoms with Crippen molar-refractivity contribution in [3.05, 3.63) is 35.5 Å². The summed E-state index contributed by atoms with van der Waals surface area (Å²) in [6.07, 6.45) is 2.37. The second-order valence-electron chi connectivity index (χ2n) is 7.87. The Labute approximate surface area is 186 Å². The summed E-state index contributed by atoms with van der Waals surface area (Å²) >= 11 is 0. The zero-order valence-corrected chi connectivity index (χ0v) is 18.3. The Morgan fingerprint density at radius 1 is 1.28 bits per heavy atom. The summed E-state index contributed by atoms with van der Waals surface area (Å²) in [6, 6.07) is 6.69. The van der Waals surface area contributed by atoms with Crippen molar-refractivity contribution in [2.45, 2.75) is 51.2 Å². The zero-order chi connectivity index (χ0) is 23.1. The number of ether oxygens (including phenoxy) is 3. The number of hydrogen-bond donors (Lipinski definition) is 3. The number of aromatic amines is 1. The Bertz CT molecular complexity index is 958. The third-order valence-electron chi connectivity index (χ3n) is 5.09. The van der Waals surface area contributed by atoms with Gasteiger partial charge in [0.25, 0.3) is 5.91 Å². The molecule has 1 heterocycles. The Kier molecular flexibility index (Phi) is 7.69. The van der Waals surface area contributed by atoms with Gasteiger partial charge in [-0.1, -0.05) is 6.07 Å². The van der Waals surface area contributed by atoms with Crippen LogP contribution >= 0.6 is 0 Å². The Morgan fingerprint density at radius 3 is 2.78 bits per heavy atom. The number of alkyl carbamates (subject to hydrolysis) is 1. The van der Waals surface area contributed by atoms with Crippen LogP contribution in [0.5, 0.6) is 11.5 Å². The van der Waals surface area contributed by atoms with Crippen LogP contribution in [0.25, 0.3) is 0 Å². The molecule has 172 valence electrons. The SMILES string of the molecule is COc1cccc(OCC(=O)Nc2cc([C@H]3CC[C@@H](OC(=O)NC(C)C)C3)[nH]n2)c1C=O. The van der Waals surface area contributed by atoms with Crippen LogP contribution in [0.2, 0.25) is 0 Å². The van der Waals surface area contributed by atoms with Gasteiger partial charge in [0, 0.05) is 23.7 Å². The number of rotatable bonds is 9. The molecule has 0 radical (unpaired) electrons. The standard InChI is InChI=1S/C22H28N4O6/c1-13(2)23-22(29)32-15-8-7-14(9-15)17-10-20(26-25-17)24-21(28)12-31-19-6-4-5-18(30-3)16(19)11-27/h4-6,10-11,13-15H,7-9,12H2,1-3H3,(H,23,29)(H2,24,25,26,28)/t14-,15+/m0/s1.